The minimum atomic E-state index is -2.00. The second kappa shape index (κ2) is 10.7. The van der Waals surface area contributed by atoms with Gasteiger partial charge in [0.05, 0.1) is 24.3 Å². The third-order valence-corrected chi connectivity index (χ3v) is 7.42. The highest BCUT2D eigenvalue weighted by Crippen LogP contribution is 2.50. The first-order chi connectivity index (χ1) is 19.4. The summed E-state index contributed by atoms with van der Waals surface area (Å²) in [6, 6.07) is 4.34. The summed E-state index contributed by atoms with van der Waals surface area (Å²) in [5, 5.41) is 114. The van der Waals surface area contributed by atoms with Crippen LogP contribution in [0, 0.1) is 0 Å². The van der Waals surface area contributed by atoms with Crippen LogP contribution in [-0.2, 0) is 9.47 Å². The fourth-order valence-electron chi connectivity index (χ4n) is 5.16. The number of benzene rings is 2. The van der Waals surface area contributed by atoms with Crippen molar-refractivity contribution in [3.63, 3.8) is 0 Å². The summed E-state index contributed by atoms with van der Waals surface area (Å²) < 4.78 is 16.8. The van der Waals surface area contributed by atoms with Gasteiger partial charge in [0.25, 0.3) is 0 Å². The van der Waals surface area contributed by atoms with Gasteiger partial charge in [0.2, 0.25) is 0 Å². The van der Waals surface area contributed by atoms with E-state index in [1.165, 1.54) is 6.07 Å². The number of aliphatic hydroxyl groups excluding tert-OH is 7. The Morgan fingerprint density at radius 3 is 2.10 bits per heavy atom. The van der Waals surface area contributed by atoms with Gasteiger partial charge < -0.3 is 70.1 Å². The van der Waals surface area contributed by atoms with E-state index in [0.29, 0.717) is 0 Å². The molecular formula is C26H28O15. The summed E-state index contributed by atoms with van der Waals surface area (Å²) in [5.41, 5.74) is -2.68. The molecule has 15 heteroatoms. The van der Waals surface area contributed by atoms with E-state index in [-0.39, 0.29) is 11.3 Å². The molecule has 11 N–H and O–H groups in total. The highest BCUT2D eigenvalue weighted by Gasteiger charge is 2.48. The second-order valence-corrected chi connectivity index (χ2v) is 9.96. The summed E-state index contributed by atoms with van der Waals surface area (Å²) in [4.78, 5) is 13.4. The summed E-state index contributed by atoms with van der Waals surface area (Å²) >= 11 is 0. The number of aliphatic hydroxyl groups is 7. The van der Waals surface area contributed by atoms with E-state index in [4.69, 9.17) is 13.9 Å². The lowest BCUT2D eigenvalue weighted by Crippen LogP contribution is -2.55. The highest BCUT2D eigenvalue weighted by molar-refractivity contribution is 5.92. The average molecular weight is 580 g/mol. The first-order valence-electron chi connectivity index (χ1n) is 12.4. The van der Waals surface area contributed by atoms with E-state index >= 15 is 0 Å². The number of hydrogen-bond donors (Lipinski definition) is 11. The number of ether oxygens (including phenoxy) is 2. The Kier molecular flexibility index (Phi) is 7.58. The van der Waals surface area contributed by atoms with Gasteiger partial charge in [0.1, 0.15) is 77.6 Å². The largest absolute Gasteiger partial charge is 0.507 e. The van der Waals surface area contributed by atoms with Gasteiger partial charge >= 0.3 is 0 Å². The number of hydrogen-bond acceptors (Lipinski definition) is 15. The molecule has 2 aliphatic rings. The molecule has 2 aliphatic heterocycles. The van der Waals surface area contributed by atoms with E-state index in [1.54, 1.807) is 0 Å². The van der Waals surface area contributed by atoms with Crippen LogP contribution >= 0.6 is 0 Å². The van der Waals surface area contributed by atoms with Crippen molar-refractivity contribution >= 4 is 11.0 Å². The summed E-state index contributed by atoms with van der Waals surface area (Å²) in [7, 11) is 0. The second-order valence-electron chi connectivity index (χ2n) is 9.96. The summed E-state index contributed by atoms with van der Waals surface area (Å²) in [5.74, 6) is -3.21. The lowest BCUT2D eigenvalue weighted by molar-refractivity contribution is -0.231. The van der Waals surface area contributed by atoms with Crippen LogP contribution in [0.1, 0.15) is 23.3 Å². The Morgan fingerprint density at radius 2 is 1.44 bits per heavy atom. The molecule has 0 radical (unpaired) electrons. The maximum Gasteiger partial charge on any atom is 0.197 e. The van der Waals surface area contributed by atoms with Crippen LogP contribution in [0.5, 0.6) is 23.0 Å². The van der Waals surface area contributed by atoms with Crippen LogP contribution in [0.2, 0.25) is 0 Å². The Balaban J connectivity index is 1.82. The topological polar surface area (TPSA) is 271 Å². The van der Waals surface area contributed by atoms with Crippen molar-refractivity contribution in [3.8, 4) is 34.3 Å². The molecule has 0 spiro atoms. The van der Waals surface area contributed by atoms with Gasteiger partial charge in [-0.3, -0.25) is 4.79 Å². The lowest BCUT2D eigenvalue weighted by atomic mass is 9.85. The Labute approximate surface area is 229 Å². The van der Waals surface area contributed by atoms with Crippen LogP contribution in [0.4, 0.5) is 0 Å². The molecule has 222 valence electrons. The molecule has 3 aromatic rings. The molecule has 0 unspecified atom stereocenters. The zero-order valence-electron chi connectivity index (χ0n) is 21.0. The smallest absolute Gasteiger partial charge is 0.197 e. The fraction of sp³-hybridized carbons (Fsp3) is 0.423. The van der Waals surface area contributed by atoms with Gasteiger partial charge in [-0.15, -0.1) is 0 Å². The molecule has 0 aliphatic carbocycles. The molecule has 15 nitrogen and oxygen atoms in total. The molecule has 0 bridgehead atoms. The molecule has 41 heavy (non-hydrogen) atoms. The van der Waals surface area contributed by atoms with E-state index in [2.05, 4.69) is 0 Å². The SMILES string of the molecule is O=c1cc(-c2ccc(O)c(O)c2)oc2c([C@@H]3O[C@H](CO)[C@@H](O)[C@H](O)[C@H]3O)c(O)c([C@H]3OC[C@H](O)[C@H](O)[C@H]3O)c(O)c12. The van der Waals surface area contributed by atoms with Crippen molar-refractivity contribution in [2.24, 2.45) is 0 Å². The minimum Gasteiger partial charge on any atom is -0.507 e. The summed E-state index contributed by atoms with van der Waals surface area (Å²) in [6.45, 7) is -1.39. The van der Waals surface area contributed by atoms with Crippen molar-refractivity contribution in [2.45, 2.75) is 54.9 Å². The van der Waals surface area contributed by atoms with Gasteiger partial charge in [-0.2, -0.15) is 0 Å². The standard InChI is InChI=1S/C26H28O15/c27-5-13-18(33)21(36)23(38)26(41-13)16-20(35)15(25-22(37)17(32)11(31)6-39-25)19(34)14-10(30)4-12(40-24(14)16)7-1-2-8(28)9(29)3-7/h1-4,11,13,17-18,21-23,25-29,31-38H,5-6H2/t11-,13+,17-,18+,21-,22+,23+,25+,26-/m0/s1. The zero-order chi connectivity index (χ0) is 29.9. The van der Waals surface area contributed by atoms with Crippen LogP contribution in [0.3, 0.4) is 0 Å². The van der Waals surface area contributed by atoms with Crippen molar-refractivity contribution < 1.29 is 70.1 Å². The fourth-order valence-corrected chi connectivity index (χ4v) is 5.16. The predicted molar refractivity (Wildman–Crippen MR) is 134 cm³/mol. The van der Waals surface area contributed by atoms with E-state index < -0.39 is 119 Å². The quantitative estimate of drug-likeness (QED) is 0.148. The Hall–Kier alpha value is -3.51. The molecule has 9 atom stereocenters. The van der Waals surface area contributed by atoms with E-state index in [0.717, 1.165) is 18.2 Å². The Bertz CT molecular complexity index is 1520. The molecule has 5 rings (SSSR count). The molecule has 2 aromatic carbocycles. The van der Waals surface area contributed by atoms with Crippen LogP contribution < -0.4 is 5.43 Å². The normalized spacial score (nSPS) is 32.3. The van der Waals surface area contributed by atoms with Crippen molar-refractivity contribution in [1.82, 2.24) is 0 Å². The first-order valence-corrected chi connectivity index (χ1v) is 12.4. The molecule has 2 fully saturated rings. The van der Waals surface area contributed by atoms with Crippen LogP contribution in [0.15, 0.2) is 33.5 Å². The number of phenolic OH excluding ortho intramolecular Hbond substituents is 4. The first kappa shape index (κ1) is 29.0. The van der Waals surface area contributed by atoms with Crippen molar-refractivity contribution in [1.29, 1.82) is 0 Å². The molecule has 0 amide bonds. The zero-order valence-corrected chi connectivity index (χ0v) is 21.0. The number of phenols is 4. The van der Waals surface area contributed by atoms with Crippen LogP contribution in [0.25, 0.3) is 22.3 Å². The van der Waals surface area contributed by atoms with Gasteiger partial charge in [-0.1, -0.05) is 0 Å². The molecule has 0 saturated carbocycles. The summed E-state index contributed by atoms with van der Waals surface area (Å²) in [6.07, 6.45) is -16.0. The minimum absolute atomic E-state index is 0.0604. The van der Waals surface area contributed by atoms with Gasteiger partial charge in [-0.25, -0.2) is 0 Å². The Morgan fingerprint density at radius 1 is 0.756 bits per heavy atom. The van der Waals surface area contributed by atoms with Gasteiger partial charge in [0, 0.05) is 11.6 Å². The number of rotatable bonds is 4. The predicted octanol–water partition coefficient (Wildman–Crippen LogP) is -2.05. The third kappa shape index (κ3) is 4.66. The molecular weight excluding hydrogens is 552 g/mol. The number of fused-ring (bicyclic) bond motifs is 1. The number of aromatic hydroxyl groups is 4. The van der Waals surface area contributed by atoms with E-state index in [1.807, 2.05) is 0 Å². The maximum atomic E-state index is 13.4. The molecule has 1 aromatic heterocycles. The van der Waals surface area contributed by atoms with Crippen molar-refractivity contribution in [2.75, 3.05) is 13.2 Å². The van der Waals surface area contributed by atoms with Crippen molar-refractivity contribution in [3.05, 3.63) is 45.6 Å². The maximum absolute atomic E-state index is 13.4. The van der Waals surface area contributed by atoms with Gasteiger partial charge in [0.15, 0.2) is 22.5 Å². The van der Waals surface area contributed by atoms with Crippen LogP contribution in [-0.4, -0.2) is 112 Å². The highest BCUT2D eigenvalue weighted by atomic mass is 16.5. The van der Waals surface area contributed by atoms with E-state index in [9.17, 15) is 61.0 Å². The molecule has 2 saturated heterocycles. The third-order valence-electron chi connectivity index (χ3n) is 7.42. The molecule has 3 heterocycles. The monoisotopic (exact) mass is 580 g/mol. The van der Waals surface area contributed by atoms with Gasteiger partial charge in [-0.05, 0) is 18.2 Å². The lowest BCUT2D eigenvalue weighted by Gasteiger charge is -2.41. The average Bonchev–Trinajstić information content (AvgIpc) is 2.93.